The van der Waals surface area contributed by atoms with Gasteiger partial charge in [0, 0.05) is 37.4 Å². The van der Waals surface area contributed by atoms with Crippen molar-refractivity contribution in [1.29, 1.82) is 0 Å². The van der Waals surface area contributed by atoms with Crippen LogP contribution in [0.4, 0.5) is 0 Å². The van der Waals surface area contributed by atoms with E-state index in [1.807, 2.05) is 17.9 Å². The Labute approximate surface area is 122 Å². The molecule has 4 heteroatoms. The van der Waals surface area contributed by atoms with Crippen LogP contribution in [0.5, 0.6) is 0 Å². The highest BCUT2D eigenvalue weighted by molar-refractivity contribution is 5.15. The number of nitrogens with zero attached hydrogens (tertiary/aromatic N) is 3. The third-order valence-electron chi connectivity index (χ3n) is 4.26. The molecule has 0 amide bonds. The largest absolute Gasteiger partial charge is 0.310 e. The van der Waals surface area contributed by atoms with Gasteiger partial charge >= 0.3 is 0 Å². The second kappa shape index (κ2) is 7.04. The van der Waals surface area contributed by atoms with Gasteiger partial charge in [-0.25, -0.2) is 0 Å². The predicted octanol–water partition coefficient (Wildman–Crippen LogP) is 2.25. The van der Waals surface area contributed by atoms with Crippen LogP contribution in [0.3, 0.4) is 0 Å². The van der Waals surface area contributed by atoms with E-state index in [2.05, 4.69) is 42.2 Å². The number of aryl methyl sites for hydroxylation is 1. The summed E-state index contributed by atoms with van der Waals surface area (Å²) in [7, 11) is 2.00. The molecular weight excluding hydrogens is 248 g/mol. The Morgan fingerprint density at radius 3 is 2.65 bits per heavy atom. The average molecular weight is 276 g/mol. The van der Waals surface area contributed by atoms with E-state index in [-0.39, 0.29) is 0 Å². The van der Waals surface area contributed by atoms with Crippen LogP contribution in [0.2, 0.25) is 0 Å². The van der Waals surface area contributed by atoms with Crippen LogP contribution in [0.15, 0.2) is 17.8 Å². The van der Waals surface area contributed by atoms with Gasteiger partial charge in [0.05, 0.1) is 6.20 Å². The number of nitrogens with one attached hydrogen (secondary N) is 1. The molecule has 1 aliphatic rings. The van der Waals surface area contributed by atoms with Crippen molar-refractivity contribution in [3.63, 3.8) is 0 Å². The summed E-state index contributed by atoms with van der Waals surface area (Å²) in [5, 5.41) is 7.98. The molecule has 1 aromatic rings. The van der Waals surface area contributed by atoms with Gasteiger partial charge in [-0.05, 0) is 46.7 Å². The molecule has 0 spiro atoms. The van der Waals surface area contributed by atoms with Crippen LogP contribution in [0, 0.1) is 6.92 Å². The Balaban J connectivity index is 1.72. The molecule has 0 atom stereocenters. The maximum absolute atomic E-state index is 4.29. The van der Waals surface area contributed by atoms with Crippen molar-refractivity contribution >= 4 is 0 Å². The van der Waals surface area contributed by atoms with Crippen molar-refractivity contribution in [3.8, 4) is 0 Å². The standard InChI is InChI=1S/C16H28N4/c1-13(2)5-8-20-9-6-16(7-10-20)17-11-15-12-18-19(4)14(15)3/h5,12,16-17H,6-11H2,1-4H3. The summed E-state index contributed by atoms with van der Waals surface area (Å²) < 4.78 is 1.94. The Morgan fingerprint density at radius 1 is 1.40 bits per heavy atom. The van der Waals surface area contributed by atoms with E-state index < -0.39 is 0 Å². The summed E-state index contributed by atoms with van der Waals surface area (Å²) in [6, 6.07) is 0.651. The third-order valence-corrected chi connectivity index (χ3v) is 4.26. The molecule has 1 N–H and O–H groups in total. The van der Waals surface area contributed by atoms with E-state index in [0.717, 1.165) is 13.1 Å². The molecule has 0 aliphatic carbocycles. The summed E-state index contributed by atoms with van der Waals surface area (Å²) in [4.78, 5) is 2.54. The van der Waals surface area contributed by atoms with E-state index in [1.54, 1.807) is 0 Å². The second-order valence-corrected chi connectivity index (χ2v) is 6.12. The Morgan fingerprint density at radius 2 is 2.10 bits per heavy atom. The van der Waals surface area contributed by atoms with Gasteiger partial charge in [0.2, 0.25) is 0 Å². The zero-order chi connectivity index (χ0) is 14.5. The summed E-state index contributed by atoms with van der Waals surface area (Å²) in [6.45, 7) is 10.9. The van der Waals surface area contributed by atoms with E-state index in [1.165, 1.54) is 42.8 Å². The highest BCUT2D eigenvalue weighted by Crippen LogP contribution is 2.12. The lowest BCUT2D eigenvalue weighted by Crippen LogP contribution is -2.42. The number of rotatable bonds is 5. The second-order valence-electron chi connectivity index (χ2n) is 6.12. The molecule has 0 aromatic carbocycles. The lowest BCUT2D eigenvalue weighted by atomic mass is 10.0. The van der Waals surface area contributed by atoms with Gasteiger partial charge in [-0.3, -0.25) is 9.58 Å². The van der Waals surface area contributed by atoms with Gasteiger partial charge in [0.1, 0.15) is 0 Å². The zero-order valence-corrected chi connectivity index (χ0v) is 13.3. The molecule has 1 fully saturated rings. The van der Waals surface area contributed by atoms with Crippen LogP contribution < -0.4 is 5.32 Å². The monoisotopic (exact) mass is 276 g/mol. The lowest BCUT2D eigenvalue weighted by Gasteiger charge is -2.31. The quantitative estimate of drug-likeness (QED) is 0.837. The number of hydrogen-bond acceptors (Lipinski definition) is 3. The minimum Gasteiger partial charge on any atom is -0.310 e. The minimum absolute atomic E-state index is 0.651. The first-order chi connectivity index (χ1) is 9.56. The highest BCUT2D eigenvalue weighted by atomic mass is 15.3. The summed E-state index contributed by atoms with van der Waals surface area (Å²) in [5.74, 6) is 0. The van der Waals surface area contributed by atoms with E-state index >= 15 is 0 Å². The Kier molecular flexibility index (Phi) is 5.38. The summed E-state index contributed by atoms with van der Waals surface area (Å²) in [6.07, 6.45) is 6.80. The molecule has 0 saturated carbocycles. The molecule has 1 aromatic heterocycles. The van der Waals surface area contributed by atoms with Crippen LogP contribution in [0.25, 0.3) is 0 Å². The van der Waals surface area contributed by atoms with E-state index in [4.69, 9.17) is 0 Å². The molecule has 112 valence electrons. The normalized spacial score (nSPS) is 17.4. The van der Waals surface area contributed by atoms with Gasteiger partial charge in [-0.15, -0.1) is 0 Å². The van der Waals surface area contributed by atoms with Crippen molar-refractivity contribution in [3.05, 3.63) is 29.1 Å². The third kappa shape index (κ3) is 4.18. The first-order valence-electron chi connectivity index (χ1n) is 7.63. The molecule has 1 aliphatic heterocycles. The molecule has 4 nitrogen and oxygen atoms in total. The number of aromatic nitrogens is 2. The summed E-state index contributed by atoms with van der Waals surface area (Å²) in [5.41, 5.74) is 4.00. The Bertz CT molecular complexity index is 449. The zero-order valence-electron chi connectivity index (χ0n) is 13.3. The predicted molar refractivity (Wildman–Crippen MR) is 83.7 cm³/mol. The smallest absolute Gasteiger partial charge is 0.0537 e. The Hall–Kier alpha value is -1.13. The van der Waals surface area contributed by atoms with Gasteiger partial charge < -0.3 is 5.32 Å². The fraction of sp³-hybridized carbons (Fsp3) is 0.688. The lowest BCUT2D eigenvalue weighted by molar-refractivity contribution is 0.214. The fourth-order valence-electron chi connectivity index (χ4n) is 2.60. The van der Waals surface area contributed by atoms with Gasteiger partial charge in [0.25, 0.3) is 0 Å². The van der Waals surface area contributed by atoms with Crippen LogP contribution in [-0.4, -0.2) is 40.4 Å². The van der Waals surface area contributed by atoms with E-state index in [0.29, 0.717) is 6.04 Å². The maximum atomic E-state index is 4.29. The number of piperidine rings is 1. The van der Waals surface area contributed by atoms with Crippen LogP contribution in [0.1, 0.15) is 37.9 Å². The molecule has 1 saturated heterocycles. The van der Waals surface area contributed by atoms with Crippen molar-refractivity contribution < 1.29 is 0 Å². The van der Waals surface area contributed by atoms with E-state index in [9.17, 15) is 0 Å². The average Bonchev–Trinajstić information content (AvgIpc) is 2.75. The van der Waals surface area contributed by atoms with Gasteiger partial charge in [-0.1, -0.05) is 11.6 Å². The molecule has 0 unspecified atom stereocenters. The number of hydrogen-bond donors (Lipinski definition) is 1. The first-order valence-corrected chi connectivity index (χ1v) is 7.63. The van der Waals surface area contributed by atoms with Crippen molar-refractivity contribution in [2.24, 2.45) is 7.05 Å². The molecule has 2 rings (SSSR count). The molecule has 0 bridgehead atoms. The van der Waals surface area contributed by atoms with Crippen LogP contribution >= 0.6 is 0 Å². The van der Waals surface area contributed by atoms with Crippen molar-refractivity contribution in [2.45, 2.75) is 46.2 Å². The highest BCUT2D eigenvalue weighted by Gasteiger charge is 2.18. The maximum Gasteiger partial charge on any atom is 0.0537 e. The molecule has 2 heterocycles. The topological polar surface area (TPSA) is 33.1 Å². The van der Waals surface area contributed by atoms with Crippen molar-refractivity contribution in [1.82, 2.24) is 20.0 Å². The van der Waals surface area contributed by atoms with Gasteiger partial charge in [-0.2, -0.15) is 5.10 Å². The van der Waals surface area contributed by atoms with Gasteiger partial charge in [0.15, 0.2) is 0 Å². The number of likely N-dealkylation sites (tertiary alicyclic amines) is 1. The first kappa shape index (κ1) is 15.3. The fourth-order valence-corrected chi connectivity index (χ4v) is 2.60. The molecule has 0 radical (unpaired) electrons. The number of allylic oxidation sites excluding steroid dienone is 1. The van der Waals surface area contributed by atoms with Crippen molar-refractivity contribution in [2.75, 3.05) is 19.6 Å². The molecular formula is C16H28N4. The van der Waals surface area contributed by atoms with Crippen LogP contribution in [-0.2, 0) is 13.6 Å². The molecule has 20 heavy (non-hydrogen) atoms. The summed E-state index contributed by atoms with van der Waals surface area (Å²) >= 11 is 0. The SMILES string of the molecule is CC(C)=CCN1CCC(NCc2cnn(C)c2C)CC1. The minimum atomic E-state index is 0.651.